The van der Waals surface area contributed by atoms with E-state index in [0.29, 0.717) is 28.7 Å². The summed E-state index contributed by atoms with van der Waals surface area (Å²) in [6.07, 6.45) is 0. The summed E-state index contributed by atoms with van der Waals surface area (Å²) in [5, 5.41) is 3.30. The minimum atomic E-state index is -0.218. The molecule has 4 nitrogen and oxygen atoms in total. The van der Waals surface area contributed by atoms with Gasteiger partial charge in [-0.1, -0.05) is 41.9 Å². The van der Waals surface area contributed by atoms with Gasteiger partial charge in [0, 0.05) is 5.56 Å². The van der Waals surface area contributed by atoms with Crippen molar-refractivity contribution in [1.29, 1.82) is 0 Å². The van der Waals surface area contributed by atoms with Gasteiger partial charge in [-0.25, -0.2) is 0 Å². The SMILES string of the molecule is CCOc1c(Cl)cc(C(=O)NC(C)c2ccccc2)cc1OC. The molecule has 1 amide bonds. The van der Waals surface area contributed by atoms with Crippen LogP contribution in [0.2, 0.25) is 5.02 Å². The first-order valence-electron chi connectivity index (χ1n) is 7.43. The van der Waals surface area contributed by atoms with Crippen LogP contribution in [-0.4, -0.2) is 19.6 Å². The van der Waals surface area contributed by atoms with Gasteiger partial charge in [-0.05, 0) is 31.5 Å². The van der Waals surface area contributed by atoms with Crippen molar-refractivity contribution in [2.24, 2.45) is 0 Å². The van der Waals surface area contributed by atoms with E-state index in [2.05, 4.69) is 5.32 Å². The van der Waals surface area contributed by atoms with Crippen LogP contribution in [-0.2, 0) is 0 Å². The molecule has 0 saturated heterocycles. The molecule has 23 heavy (non-hydrogen) atoms. The van der Waals surface area contributed by atoms with Crippen molar-refractivity contribution in [3.8, 4) is 11.5 Å². The maximum absolute atomic E-state index is 12.5. The van der Waals surface area contributed by atoms with Gasteiger partial charge in [0.05, 0.1) is 24.8 Å². The number of hydrogen-bond donors (Lipinski definition) is 1. The molecule has 122 valence electrons. The zero-order chi connectivity index (χ0) is 16.8. The molecule has 1 atom stereocenters. The summed E-state index contributed by atoms with van der Waals surface area (Å²) in [4.78, 5) is 12.5. The van der Waals surface area contributed by atoms with E-state index in [9.17, 15) is 4.79 Å². The van der Waals surface area contributed by atoms with E-state index in [1.807, 2.05) is 44.2 Å². The number of rotatable bonds is 6. The molecule has 0 aliphatic carbocycles. The molecule has 0 saturated carbocycles. The predicted octanol–water partition coefficient (Wildman–Crippen LogP) is 4.24. The molecule has 0 heterocycles. The van der Waals surface area contributed by atoms with Crippen molar-refractivity contribution < 1.29 is 14.3 Å². The average Bonchev–Trinajstić information content (AvgIpc) is 2.57. The number of amides is 1. The quantitative estimate of drug-likeness (QED) is 0.860. The van der Waals surface area contributed by atoms with Gasteiger partial charge in [0.15, 0.2) is 11.5 Å². The van der Waals surface area contributed by atoms with E-state index in [0.717, 1.165) is 5.56 Å². The third kappa shape index (κ3) is 4.17. The van der Waals surface area contributed by atoms with Crippen molar-refractivity contribution in [2.45, 2.75) is 19.9 Å². The molecular formula is C18H20ClNO3. The average molecular weight is 334 g/mol. The number of benzene rings is 2. The number of methoxy groups -OCH3 is 1. The van der Waals surface area contributed by atoms with Crippen molar-refractivity contribution in [3.05, 3.63) is 58.6 Å². The van der Waals surface area contributed by atoms with Gasteiger partial charge in [-0.2, -0.15) is 0 Å². The van der Waals surface area contributed by atoms with Crippen LogP contribution in [0, 0.1) is 0 Å². The number of carbonyl (C=O) groups is 1. The molecule has 1 N–H and O–H groups in total. The van der Waals surface area contributed by atoms with E-state index in [-0.39, 0.29) is 11.9 Å². The predicted molar refractivity (Wildman–Crippen MR) is 91.5 cm³/mol. The van der Waals surface area contributed by atoms with E-state index >= 15 is 0 Å². The Labute approximate surface area is 141 Å². The van der Waals surface area contributed by atoms with Crippen LogP contribution in [0.4, 0.5) is 0 Å². The topological polar surface area (TPSA) is 47.6 Å². The first-order valence-corrected chi connectivity index (χ1v) is 7.80. The van der Waals surface area contributed by atoms with Crippen LogP contribution in [0.3, 0.4) is 0 Å². The number of ether oxygens (including phenoxy) is 2. The highest BCUT2D eigenvalue weighted by molar-refractivity contribution is 6.32. The van der Waals surface area contributed by atoms with Crippen LogP contribution in [0.5, 0.6) is 11.5 Å². The van der Waals surface area contributed by atoms with Crippen LogP contribution in [0.15, 0.2) is 42.5 Å². The minimum absolute atomic E-state index is 0.111. The molecule has 0 bridgehead atoms. The Balaban J connectivity index is 2.21. The van der Waals surface area contributed by atoms with Crippen molar-refractivity contribution >= 4 is 17.5 Å². The molecule has 5 heteroatoms. The number of nitrogens with one attached hydrogen (secondary N) is 1. The maximum Gasteiger partial charge on any atom is 0.251 e. The van der Waals surface area contributed by atoms with E-state index in [4.69, 9.17) is 21.1 Å². The van der Waals surface area contributed by atoms with Crippen molar-refractivity contribution in [2.75, 3.05) is 13.7 Å². The largest absolute Gasteiger partial charge is 0.493 e. The van der Waals surface area contributed by atoms with Crippen molar-refractivity contribution in [3.63, 3.8) is 0 Å². The van der Waals surface area contributed by atoms with Gasteiger partial charge in [0.1, 0.15) is 0 Å². The molecule has 0 fully saturated rings. The fourth-order valence-corrected chi connectivity index (χ4v) is 2.51. The summed E-state index contributed by atoms with van der Waals surface area (Å²) in [5.41, 5.74) is 1.46. The first-order chi connectivity index (χ1) is 11.1. The van der Waals surface area contributed by atoms with Crippen molar-refractivity contribution in [1.82, 2.24) is 5.32 Å². The minimum Gasteiger partial charge on any atom is -0.493 e. The van der Waals surface area contributed by atoms with Gasteiger partial charge < -0.3 is 14.8 Å². The van der Waals surface area contributed by atoms with Gasteiger partial charge >= 0.3 is 0 Å². The van der Waals surface area contributed by atoms with E-state index in [1.54, 1.807) is 12.1 Å². The lowest BCUT2D eigenvalue weighted by atomic mass is 10.1. The third-order valence-corrected chi connectivity index (χ3v) is 3.71. The Morgan fingerprint density at radius 3 is 2.57 bits per heavy atom. The molecule has 2 aromatic carbocycles. The second-order valence-electron chi connectivity index (χ2n) is 5.03. The second kappa shape index (κ2) is 7.88. The monoisotopic (exact) mass is 333 g/mol. The molecule has 0 spiro atoms. The second-order valence-corrected chi connectivity index (χ2v) is 5.44. The molecule has 1 unspecified atom stereocenters. The Morgan fingerprint density at radius 2 is 1.96 bits per heavy atom. The Hall–Kier alpha value is -2.20. The molecule has 0 aliphatic heterocycles. The summed E-state index contributed by atoms with van der Waals surface area (Å²) in [6.45, 7) is 4.26. The van der Waals surface area contributed by atoms with Gasteiger partial charge in [0.25, 0.3) is 5.91 Å². The van der Waals surface area contributed by atoms with Crippen LogP contribution in [0.25, 0.3) is 0 Å². The standard InChI is InChI=1S/C18H20ClNO3/c1-4-23-17-15(19)10-14(11-16(17)22-3)18(21)20-12(2)13-8-6-5-7-9-13/h5-12H,4H2,1-3H3,(H,20,21). The Kier molecular flexibility index (Phi) is 5.88. The molecular weight excluding hydrogens is 314 g/mol. The lowest BCUT2D eigenvalue weighted by Gasteiger charge is -2.16. The molecule has 0 aliphatic rings. The zero-order valence-corrected chi connectivity index (χ0v) is 14.2. The Morgan fingerprint density at radius 1 is 1.26 bits per heavy atom. The number of hydrogen-bond acceptors (Lipinski definition) is 3. The summed E-state index contributed by atoms with van der Waals surface area (Å²) in [6, 6.07) is 12.9. The zero-order valence-electron chi connectivity index (χ0n) is 13.4. The highest BCUT2D eigenvalue weighted by atomic mass is 35.5. The maximum atomic E-state index is 12.5. The first kappa shape index (κ1) is 17.2. The molecule has 2 aromatic rings. The normalized spacial score (nSPS) is 11.7. The lowest BCUT2D eigenvalue weighted by molar-refractivity contribution is 0.0939. The highest BCUT2D eigenvalue weighted by Crippen LogP contribution is 2.36. The third-order valence-electron chi connectivity index (χ3n) is 3.43. The number of halogens is 1. The van der Waals surface area contributed by atoms with Crippen LogP contribution in [0.1, 0.15) is 35.8 Å². The molecule has 2 rings (SSSR count). The van der Waals surface area contributed by atoms with Gasteiger partial charge in [-0.3, -0.25) is 4.79 Å². The van der Waals surface area contributed by atoms with Crippen LogP contribution >= 0.6 is 11.6 Å². The summed E-state index contributed by atoms with van der Waals surface area (Å²) in [7, 11) is 1.52. The fraction of sp³-hybridized carbons (Fsp3) is 0.278. The summed E-state index contributed by atoms with van der Waals surface area (Å²) < 4.78 is 10.7. The summed E-state index contributed by atoms with van der Waals surface area (Å²) >= 11 is 6.20. The van der Waals surface area contributed by atoms with Gasteiger partial charge in [0.2, 0.25) is 0 Å². The highest BCUT2D eigenvalue weighted by Gasteiger charge is 2.17. The Bertz CT molecular complexity index is 673. The number of carbonyl (C=O) groups excluding carboxylic acids is 1. The summed E-state index contributed by atoms with van der Waals surface area (Å²) in [5.74, 6) is 0.672. The smallest absolute Gasteiger partial charge is 0.251 e. The fourth-order valence-electron chi connectivity index (χ4n) is 2.24. The van der Waals surface area contributed by atoms with Gasteiger partial charge in [-0.15, -0.1) is 0 Å². The van der Waals surface area contributed by atoms with Crippen LogP contribution < -0.4 is 14.8 Å². The van der Waals surface area contributed by atoms with E-state index < -0.39 is 0 Å². The van der Waals surface area contributed by atoms with E-state index in [1.165, 1.54) is 7.11 Å². The molecule has 0 radical (unpaired) electrons. The lowest BCUT2D eigenvalue weighted by Crippen LogP contribution is -2.26. The molecule has 0 aromatic heterocycles.